The van der Waals surface area contributed by atoms with Crippen LogP contribution in [-0.2, 0) is 14.3 Å². The summed E-state index contributed by atoms with van der Waals surface area (Å²) in [4.78, 5) is 24.6. The fourth-order valence-electron chi connectivity index (χ4n) is 2.71. The molecular weight excluding hydrogens is 374 g/mol. The molecule has 0 aromatic heterocycles. The van der Waals surface area contributed by atoms with Crippen LogP contribution < -0.4 is 19.9 Å². The maximum atomic E-state index is 12.5. The predicted molar refractivity (Wildman–Crippen MR) is 110 cm³/mol. The summed E-state index contributed by atoms with van der Waals surface area (Å²) < 4.78 is 20.8. The van der Waals surface area contributed by atoms with Gasteiger partial charge >= 0.3 is 5.97 Å². The molecule has 0 aliphatic carbocycles. The van der Waals surface area contributed by atoms with Crippen molar-refractivity contribution in [1.82, 2.24) is 0 Å². The van der Waals surface area contributed by atoms with Crippen LogP contribution in [0.5, 0.6) is 17.2 Å². The highest BCUT2D eigenvalue weighted by Crippen LogP contribution is 2.39. The van der Waals surface area contributed by atoms with Gasteiger partial charge in [0, 0.05) is 0 Å². The lowest BCUT2D eigenvalue weighted by Gasteiger charge is -2.14. The summed E-state index contributed by atoms with van der Waals surface area (Å²) in [5.41, 5.74) is 6.81. The first kappa shape index (κ1) is 21.6. The first-order valence-corrected chi connectivity index (χ1v) is 8.62. The third kappa shape index (κ3) is 5.16. The Balaban J connectivity index is 2.68. The van der Waals surface area contributed by atoms with Gasteiger partial charge in [0.05, 0.1) is 39.6 Å². The summed E-state index contributed by atoms with van der Waals surface area (Å²) >= 11 is 0. The van der Waals surface area contributed by atoms with E-state index in [0.717, 1.165) is 0 Å². The standard InChI is InChI=1S/C22H23NO6/c1-26-18-12-15(13-19(27-2)20(18)28-3)11-17(22(25)29-4)16(21(23)24)10-14-8-6-5-7-9-14/h5-13H,1-4H3,(H2,23,24)/b16-10+,17-11+. The summed E-state index contributed by atoms with van der Waals surface area (Å²) in [5, 5.41) is 0. The van der Waals surface area contributed by atoms with E-state index < -0.39 is 11.9 Å². The number of primary amides is 1. The van der Waals surface area contributed by atoms with Gasteiger partial charge in [0.25, 0.3) is 0 Å². The van der Waals surface area contributed by atoms with Gasteiger partial charge in [0.15, 0.2) is 11.5 Å². The molecule has 2 aromatic rings. The van der Waals surface area contributed by atoms with E-state index in [0.29, 0.717) is 28.4 Å². The lowest BCUT2D eigenvalue weighted by atomic mass is 9.99. The maximum Gasteiger partial charge on any atom is 0.338 e. The second kappa shape index (κ2) is 9.98. The summed E-state index contributed by atoms with van der Waals surface area (Å²) in [6, 6.07) is 12.3. The van der Waals surface area contributed by atoms with Crippen molar-refractivity contribution < 1.29 is 28.5 Å². The van der Waals surface area contributed by atoms with Crippen molar-refractivity contribution in [2.75, 3.05) is 28.4 Å². The molecule has 0 saturated carbocycles. The van der Waals surface area contributed by atoms with Crippen LogP contribution in [0.15, 0.2) is 53.6 Å². The van der Waals surface area contributed by atoms with Crippen LogP contribution in [-0.4, -0.2) is 40.3 Å². The lowest BCUT2D eigenvalue weighted by Crippen LogP contribution is -2.20. The summed E-state index contributed by atoms with van der Waals surface area (Å²) in [5.74, 6) is -0.274. The zero-order chi connectivity index (χ0) is 21.4. The lowest BCUT2D eigenvalue weighted by molar-refractivity contribution is -0.136. The molecule has 0 fully saturated rings. The van der Waals surface area contributed by atoms with Gasteiger partial charge in [-0.2, -0.15) is 0 Å². The van der Waals surface area contributed by atoms with E-state index in [1.165, 1.54) is 40.6 Å². The average molecular weight is 397 g/mol. The Bertz CT molecular complexity index is 922. The molecule has 2 rings (SSSR count). The Morgan fingerprint density at radius 2 is 1.34 bits per heavy atom. The van der Waals surface area contributed by atoms with Crippen LogP contribution in [0.25, 0.3) is 12.2 Å². The summed E-state index contributed by atoms with van der Waals surface area (Å²) in [7, 11) is 5.68. The minimum Gasteiger partial charge on any atom is -0.493 e. The van der Waals surface area contributed by atoms with Gasteiger partial charge in [0.2, 0.25) is 11.7 Å². The molecule has 1 amide bonds. The van der Waals surface area contributed by atoms with Gasteiger partial charge in [-0.1, -0.05) is 30.3 Å². The Labute approximate surface area is 169 Å². The van der Waals surface area contributed by atoms with Crippen molar-refractivity contribution in [3.63, 3.8) is 0 Å². The molecule has 0 saturated heterocycles. The zero-order valence-corrected chi connectivity index (χ0v) is 16.7. The number of nitrogens with two attached hydrogens (primary N) is 1. The molecule has 0 unspecified atom stereocenters. The highest BCUT2D eigenvalue weighted by Gasteiger charge is 2.21. The van der Waals surface area contributed by atoms with Crippen molar-refractivity contribution in [3.8, 4) is 17.2 Å². The predicted octanol–water partition coefficient (Wildman–Crippen LogP) is 2.84. The Kier molecular flexibility index (Phi) is 7.42. The molecule has 29 heavy (non-hydrogen) atoms. The Morgan fingerprint density at radius 1 is 0.793 bits per heavy atom. The van der Waals surface area contributed by atoms with Crippen molar-refractivity contribution in [2.24, 2.45) is 5.73 Å². The molecule has 0 radical (unpaired) electrons. The van der Waals surface area contributed by atoms with Crippen LogP contribution >= 0.6 is 0 Å². The molecule has 7 nitrogen and oxygen atoms in total. The number of esters is 1. The monoisotopic (exact) mass is 397 g/mol. The number of hydrogen-bond donors (Lipinski definition) is 1. The van der Waals surface area contributed by atoms with Crippen LogP contribution in [0.1, 0.15) is 11.1 Å². The molecule has 0 atom stereocenters. The van der Waals surface area contributed by atoms with E-state index in [4.69, 9.17) is 24.7 Å². The maximum absolute atomic E-state index is 12.5. The summed E-state index contributed by atoms with van der Waals surface area (Å²) in [6.07, 6.45) is 3.01. The van der Waals surface area contributed by atoms with Gasteiger partial charge in [-0.15, -0.1) is 0 Å². The highest BCUT2D eigenvalue weighted by molar-refractivity contribution is 6.14. The van der Waals surface area contributed by atoms with E-state index in [-0.39, 0.29) is 11.1 Å². The first-order valence-electron chi connectivity index (χ1n) is 8.62. The fraction of sp³-hybridized carbons (Fsp3) is 0.182. The van der Waals surface area contributed by atoms with E-state index in [1.807, 2.05) is 18.2 Å². The Hall–Kier alpha value is -3.74. The number of methoxy groups -OCH3 is 4. The van der Waals surface area contributed by atoms with Gasteiger partial charge < -0.3 is 24.7 Å². The van der Waals surface area contributed by atoms with Crippen molar-refractivity contribution >= 4 is 24.0 Å². The molecule has 2 N–H and O–H groups in total. The molecule has 2 aromatic carbocycles. The number of benzene rings is 2. The van der Waals surface area contributed by atoms with Crippen LogP contribution in [0.2, 0.25) is 0 Å². The number of amides is 1. The molecule has 0 bridgehead atoms. The van der Waals surface area contributed by atoms with Crippen LogP contribution in [0.3, 0.4) is 0 Å². The molecule has 0 spiro atoms. The number of hydrogen-bond acceptors (Lipinski definition) is 6. The zero-order valence-electron chi connectivity index (χ0n) is 16.7. The number of carbonyl (C=O) groups excluding carboxylic acids is 2. The van der Waals surface area contributed by atoms with E-state index in [2.05, 4.69) is 0 Å². The van der Waals surface area contributed by atoms with Gasteiger partial charge in [0.1, 0.15) is 0 Å². The molecule has 0 heterocycles. The number of carbonyl (C=O) groups is 2. The second-order valence-corrected chi connectivity index (χ2v) is 5.84. The van der Waals surface area contributed by atoms with Gasteiger partial charge in [-0.3, -0.25) is 4.79 Å². The largest absolute Gasteiger partial charge is 0.493 e. The smallest absolute Gasteiger partial charge is 0.338 e. The molecule has 7 heteroatoms. The second-order valence-electron chi connectivity index (χ2n) is 5.84. The normalized spacial score (nSPS) is 11.6. The minimum atomic E-state index is -0.766. The van der Waals surface area contributed by atoms with Crippen molar-refractivity contribution in [3.05, 3.63) is 64.7 Å². The Morgan fingerprint density at radius 3 is 1.79 bits per heavy atom. The topological polar surface area (TPSA) is 97.1 Å². The third-order valence-electron chi connectivity index (χ3n) is 4.07. The quantitative estimate of drug-likeness (QED) is 0.418. The first-order chi connectivity index (χ1) is 13.9. The van der Waals surface area contributed by atoms with Crippen molar-refractivity contribution in [1.29, 1.82) is 0 Å². The SMILES string of the molecule is COC(=O)C(=C/c1cc(OC)c(OC)c(OC)c1)/C(=C\c1ccccc1)C(N)=O. The number of ether oxygens (including phenoxy) is 4. The van der Waals surface area contributed by atoms with Gasteiger partial charge in [-0.05, 0) is 35.4 Å². The van der Waals surface area contributed by atoms with Crippen molar-refractivity contribution in [2.45, 2.75) is 0 Å². The van der Waals surface area contributed by atoms with E-state index in [1.54, 1.807) is 24.3 Å². The van der Waals surface area contributed by atoms with Crippen LogP contribution in [0, 0.1) is 0 Å². The van der Waals surface area contributed by atoms with Gasteiger partial charge in [-0.25, -0.2) is 4.79 Å². The number of rotatable bonds is 8. The average Bonchev–Trinajstić information content (AvgIpc) is 2.75. The molecule has 152 valence electrons. The highest BCUT2D eigenvalue weighted by atomic mass is 16.5. The summed E-state index contributed by atoms with van der Waals surface area (Å²) in [6.45, 7) is 0. The fourth-order valence-corrected chi connectivity index (χ4v) is 2.71. The molecule has 0 aliphatic heterocycles. The third-order valence-corrected chi connectivity index (χ3v) is 4.07. The van der Waals surface area contributed by atoms with E-state index in [9.17, 15) is 9.59 Å². The minimum absolute atomic E-state index is 0.00174. The molecular formula is C22H23NO6. The van der Waals surface area contributed by atoms with E-state index >= 15 is 0 Å². The molecule has 0 aliphatic rings. The van der Waals surface area contributed by atoms with Crippen LogP contribution in [0.4, 0.5) is 0 Å².